The average molecular weight is 370 g/mol. The molecule has 0 spiro atoms. The number of nitrogens with zero attached hydrogens (tertiary/aromatic N) is 2. The van der Waals surface area contributed by atoms with Crippen LogP contribution in [0.1, 0.15) is 23.0 Å². The van der Waals surface area contributed by atoms with E-state index in [1.807, 2.05) is 0 Å². The number of hydrogen-bond donors (Lipinski definition) is 4. The largest absolute Gasteiger partial charge is 0.803 e. The molecule has 0 aromatic carbocycles. The summed E-state index contributed by atoms with van der Waals surface area (Å²) in [6.45, 7) is -0.259. The molecule has 4 N–H and O–H groups in total. The van der Waals surface area contributed by atoms with Crippen molar-refractivity contribution < 1.29 is 24.3 Å². The van der Waals surface area contributed by atoms with Crippen LogP contribution >= 0.6 is 0 Å². The van der Waals surface area contributed by atoms with Crippen LogP contribution in [0, 0.1) is 0 Å². The van der Waals surface area contributed by atoms with Crippen molar-refractivity contribution in [3.05, 3.63) is 71.2 Å². The van der Waals surface area contributed by atoms with Crippen molar-refractivity contribution >= 4 is 11.6 Å². The molecule has 1 aliphatic carbocycles. The summed E-state index contributed by atoms with van der Waals surface area (Å²) < 4.78 is 7.31. The molecule has 2 aliphatic rings. The van der Waals surface area contributed by atoms with E-state index in [0.717, 1.165) is 0 Å². The summed E-state index contributed by atoms with van der Waals surface area (Å²) in [6.07, 6.45) is 8.29. The van der Waals surface area contributed by atoms with Gasteiger partial charge in [-0.3, -0.25) is 4.79 Å². The van der Waals surface area contributed by atoms with Gasteiger partial charge in [0.2, 0.25) is 0 Å². The summed E-state index contributed by atoms with van der Waals surface area (Å²) in [5.41, 5.74) is 1.62. The SMILES string of the molecule is CN/C=C1/C=C(NC(=O)c2ccc[n+]([C@H]3C[C@H](O)[C@@H](CO)O3)c2)C=CC1=[N-]. The molecule has 1 amide bonds. The number of hydrogen-bond acceptors (Lipinski definition) is 5. The second-order valence-electron chi connectivity index (χ2n) is 6.32. The number of allylic oxidation sites excluding steroid dienone is 4. The molecule has 3 rings (SSSR count). The Balaban J connectivity index is 1.73. The molecule has 1 fully saturated rings. The summed E-state index contributed by atoms with van der Waals surface area (Å²) in [7, 11) is 1.72. The van der Waals surface area contributed by atoms with Gasteiger partial charge in [0.25, 0.3) is 12.1 Å². The number of ether oxygens (including phenoxy) is 1. The molecular weight excluding hydrogens is 348 g/mol. The van der Waals surface area contributed by atoms with Crippen LogP contribution < -0.4 is 15.2 Å². The van der Waals surface area contributed by atoms with E-state index in [1.54, 1.807) is 54.5 Å². The van der Waals surface area contributed by atoms with E-state index in [2.05, 4.69) is 10.6 Å². The molecule has 0 radical (unpaired) electrons. The number of amides is 1. The minimum absolute atomic E-state index is 0.107. The summed E-state index contributed by atoms with van der Waals surface area (Å²) in [4.78, 5) is 12.6. The maximum atomic E-state index is 12.6. The van der Waals surface area contributed by atoms with Gasteiger partial charge in [-0.1, -0.05) is 6.08 Å². The predicted octanol–water partition coefficient (Wildman–Crippen LogP) is -0.0880. The third-order valence-corrected chi connectivity index (χ3v) is 4.39. The number of aromatic nitrogens is 1. The molecule has 27 heavy (non-hydrogen) atoms. The van der Waals surface area contributed by atoms with Crippen molar-refractivity contribution in [3.8, 4) is 0 Å². The lowest BCUT2D eigenvalue weighted by atomic mass is 10.0. The fraction of sp³-hybridized carbons (Fsp3) is 0.316. The third kappa shape index (κ3) is 4.30. The molecule has 0 bridgehead atoms. The number of aliphatic hydroxyl groups excluding tert-OH is 2. The molecule has 8 nitrogen and oxygen atoms in total. The minimum Gasteiger partial charge on any atom is -0.803 e. The molecule has 0 saturated carbocycles. The molecule has 1 aromatic heterocycles. The molecule has 8 heteroatoms. The summed E-state index contributed by atoms with van der Waals surface area (Å²) in [6, 6.07) is 3.38. The van der Waals surface area contributed by atoms with Gasteiger partial charge in [0.1, 0.15) is 11.7 Å². The van der Waals surface area contributed by atoms with Crippen molar-refractivity contribution in [1.82, 2.24) is 10.6 Å². The standard InChI is InChI=1S/C19H22N4O4/c1-21-9-13-7-14(4-5-15(13)20)22-19(26)12-3-2-6-23(10-12)18-8-16(25)17(11-24)27-18/h2-7,9-10,16-18,21,24-25H,8,11H2,1H3,(H,22,26)/b13-9-/t16-,17+,18+/m0/s1. The fourth-order valence-electron chi connectivity index (χ4n) is 2.98. The first-order chi connectivity index (χ1) is 13.0. The van der Waals surface area contributed by atoms with Crippen molar-refractivity contribution in [2.24, 2.45) is 0 Å². The van der Waals surface area contributed by atoms with Gasteiger partial charge < -0.3 is 31.0 Å². The first-order valence-corrected chi connectivity index (χ1v) is 8.62. The van der Waals surface area contributed by atoms with Gasteiger partial charge in [-0.2, -0.15) is 4.57 Å². The Morgan fingerprint density at radius 3 is 3.00 bits per heavy atom. The lowest BCUT2D eigenvalue weighted by molar-refractivity contribution is -0.759. The number of pyridine rings is 1. The highest BCUT2D eigenvalue weighted by Gasteiger charge is 2.39. The molecule has 142 valence electrons. The Hall–Kier alpha value is -2.81. The maximum Gasteiger partial charge on any atom is 0.265 e. The van der Waals surface area contributed by atoms with Crippen LogP contribution in [0.25, 0.3) is 5.41 Å². The molecule has 1 aromatic rings. The zero-order chi connectivity index (χ0) is 19.4. The van der Waals surface area contributed by atoms with Gasteiger partial charge >= 0.3 is 0 Å². The van der Waals surface area contributed by atoms with Crippen LogP contribution in [0.15, 0.2) is 60.2 Å². The van der Waals surface area contributed by atoms with Gasteiger partial charge in [-0.25, -0.2) is 0 Å². The lowest BCUT2D eigenvalue weighted by Crippen LogP contribution is -2.40. The van der Waals surface area contributed by atoms with Crippen LogP contribution in [0.3, 0.4) is 0 Å². The second kappa shape index (κ2) is 8.26. The summed E-state index contributed by atoms with van der Waals surface area (Å²) >= 11 is 0. The van der Waals surface area contributed by atoms with Crippen LogP contribution in [0.4, 0.5) is 0 Å². The highest BCUT2D eigenvalue weighted by molar-refractivity contribution is 6.14. The first-order valence-electron chi connectivity index (χ1n) is 8.62. The normalized spacial score (nSPS) is 26.2. The van der Waals surface area contributed by atoms with Crippen molar-refractivity contribution in [1.29, 1.82) is 0 Å². The van der Waals surface area contributed by atoms with E-state index in [4.69, 9.17) is 4.74 Å². The Kier molecular flexibility index (Phi) is 5.80. The maximum absolute atomic E-state index is 12.6. The van der Waals surface area contributed by atoms with Gasteiger partial charge in [-0.15, -0.1) is 5.71 Å². The molecule has 1 aliphatic heterocycles. The quantitative estimate of drug-likeness (QED) is 0.541. The smallest absolute Gasteiger partial charge is 0.265 e. The first kappa shape index (κ1) is 19.0. The Morgan fingerprint density at radius 1 is 1.48 bits per heavy atom. The van der Waals surface area contributed by atoms with E-state index in [1.165, 1.54) is 6.08 Å². The Labute approximate surface area is 157 Å². The number of nitrogens with one attached hydrogen (secondary N) is 2. The molecule has 1 saturated heterocycles. The number of rotatable bonds is 5. The van der Waals surface area contributed by atoms with E-state index in [0.29, 0.717) is 23.3 Å². The number of aliphatic hydroxyl groups is 2. The lowest BCUT2D eigenvalue weighted by Gasteiger charge is -2.17. The summed E-state index contributed by atoms with van der Waals surface area (Å²) in [5, 5.41) is 34.5. The van der Waals surface area contributed by atoms with Crippen LogP contribution in [0.5, 0.6) is 0 Å². The zero-order valence-electron chi connectivity index (χ0n) is 14.9. The van der Waals surface area contributed by atoms with E-state index < -0.39 is 18.4 Å². The highest BCUT2D eigenvalue weighted by atomic mass is 16.5. The summed E-state index contributed by atoms with van der Waals surface area (Å²) in [5.74, 6) is -0.317. The van der Waals surface area contributed by atoms with E-state index in [-0.39, 0.29) is 18.2 Å². The molecule has 2 heterocycles. The number of carbonyl (C=O) groups is 1. The fourth-order valence-corrected chi connectivity index (χ4v) is 2.98. The van der Waals surface area contributed by atoms with Crippen LogP contribution in [-0.4, -0.2) is 47.7 Å². The average Bonchev–Trinajstić information content (AvgIpc) is 3.05. The predicted molar refractivity (Wildman–Crippen MR) is 98.5 cm³/mol. The van der Waals surface area contributed by atoms with Gasteiger partial charge in [-0.05, 0) is 23.8 Å². The Morgan fingerprint density at radius 2 is 2.30 bits per heavy atom. The Bertz CT molecular complexity index is 831. The molecular formula is C19H22N4O4. The van der Waals surface area contributed by atoms with Gasteiger partial charge in [0.15, 0.2) is 12.4 Å². The molecule has 3 atom stereocenters. The highest BCUT2D eigenvalue weighted by Crippen LogP contribution is 2.24. The minimum atomic E-state index is -0.746. The van der Waals surface area contributed by atoms with Crippen LogP contribution in [-0.2, 0) is 4.74 Å². The number of carbonyl (C=O) groups excluding carboxylic acids is 1. The zero-order valence-corrected chi connectivity index (χ0v) is 14.9. The second-order valence-corrected chi connectivity index (χ2v) is 6.32. The van der Waals surface area contributed by atoms with Crippen molar-refractivity contribution in [2.45, 2.75) is 24.9 Å². The topological polar surface area (TPSA) is 117 Å². The monoisotopic (exact) mass is 370 g/mol. The van der Waals surface area contributed by atoms with Crippen LogP contribution in [0.2, 0.25) is 0 Å². The van der Waals surface area contributed by atoms with Gasteiger partial charge in [0, 0.05) is 25.0 Å². The molecule has 0 unspecified atom stereocenters. The van der Waals surface area contributed by atoms with Crippen molar-refractivity contribution in [2.75, 3.05) is 13.7 Å². The van der Waals surface area contributed by atoms with E-state index in [9.17, 15) is 20.4 Å². The van der Waals surface area contributed by atoms with Crippen molar-refractivity contribution in [3.63, 3.8) is 0 Å². The third-order valence-electron chi connectivity index (χ3n) is 4.39. The van der Waals surface area contributed by atoms with Gasteiger partial charge in [0.05, 0.1) is 19.1 Å². The van der Waals surface area contributed by atoms with E-state index >= 15 is 0 Å².